The van der Waals surface area contributed by atoms with Crippen molar-refractivity contribution >= 4 is 26.6 Å². The number of benzene rings is 3. The van der Waals surface area contributed by atoms with Crippen molar-refractivity contribution in [2.45, 2.75) is 38.0 Å². The predicted octanol–water partition coefficient (Wildman–Crippen LogP) is 6.78. The quantitative estimate of drug-likeness (QED) is 0.192. The Labute approximate surface area is 246 Å². The summed E-state index contributed by atoms with van der Waals surface area (Å²) in [5.74, 6) is 1.30. The highest BCUT2D eigenvalue weighted by molar-refractivity contribution is 7.92. The van der Waals surface area contributed by atoms with Crippen LogP contribution >= 0.6 is 0 Å². The summed E-state index contributed by atoms with van der Waals surface area (Å²) in [4.78, 5) is 7.13. The molecule has 4 aromatic rings. The zero-order chi connectivity index (χ0) is 29.7. The molecule has 1 atom stereocenters. The van der Waals surface area contributed by atoms with Crippen molar-refractivity contribution in [3.05, 3.63) is 78.1 Å². The Balaban J connectivity index is 1.26. The van der Waals surface area contributed by atoms with E-state index in [2.05, 4.69) is 21.5 Å². The van der Waals surface area contributed by atoms with Gasteiger partial charge in [-0.15, -0.1) is 0 Å². The van der Waals surface area contributed by atoms with Crippen LogP contribution in [0, 0.1) is 18.7 Å². The summed E-state index contributed by atoms with van der Waals surface area (Å²) < 4.78 is 60.1. The average Bonchev–Trinajstić information content (AvgIpc) is 2.96. The molecule has 0 aliphatic carbocycles. The number of sulfonamides is 1. The van der Waals surface area contributed by atoms with Crippen LogP contribution in [0.1, 0.15) is 31.7 Å². The third-order valence-corrected chi connectivity index (χ3v) is 8.64. The molecule has 1 saturated heterocycles. The molecule has 5 rings (SSSR count). The van der Waals surface area contributed by atoms with Crippen molar-refractivity contribution < 1.29 is 27.0 Å². The van der Waals surface area contributed by atoms with Crippen LogP contribution < -0.4 is 18.9 Å². The molecule has 1 aliphatic rings. The summed E-state index contributed by atoms with van der Waals surface area (Å²) in [6.07, 6.45) is 3.45. The normalized spacial score (nSPS) is 15.9. The van der Waals surface area contributed by atoms with Crippen LogP contribution in [0.5, 0.6) is 23.1 Å². The van der Waals surface area contributed by atoms with E-state index in [0.717, 1.165) is 49.0 Å². The number of hydrogen-bond donors (Lipinski definition) is 1. The maximum absolute atomic E-state index is 15.0. The lowest BCUT2D eigenvalue weighted by molar-refractivity contribution is 0.169. The predicted molar refractivity (Wildman–Crippen MR) is 162 cm³/mol. The van der Waals surface area contributed by atoms with Gasteiger partial charge >= 0.3 is 0 Å². The van der Waals surface area contributed by atoms with Gasteiger partial charge in [-0.05, 0) is 80.6 Å². The number of halogens is 1. The van der Waals surface area contributed by atoms with Gasteiger partial charge in [-0.25, -0.2) is 17.8 Å². The van der Waals surface area contributed by atoms with E-state index >= 15 is 0 Å². The second kappa shape index (κ2) is 13.0. The van der Waals surface area contributed by atoms with Gasteiger partial charge in [0.25, 0.3) is 10.0 Å². The zero-order valence-corrected chi connectivity index (χ0v) is 24.9. The van der Waals surface area contributed by atoms with Crippen molar-refractivity contribution in [3.63, 3.8) is 0 Å². The topological polar surface area (TPSA) is 90.0 Å². The Morgan fingerprint density at radius 3 is 2.67 bits per heavy atom. The van der Waals surface area contributed by atoms with E-state index < -0.39 is 15.8 Å². The summed E-state index contributed by atoms with van der Waals surface area (Å²) in [5.41, 5.74) is 1.49. The van der Waals surface area contributed by atoms with E-state index in [1.165, 1.54) is 31.0 Å². The summed E-state index contributed by atoms with van der Waals surface area (Å²) >= 11 is 0. The highest BCUT2D eigenvalue weighted by Gasteiger charge is 2.18. The minimum absolute atomic E-state index is 0.0801. The van der Waals surface area contributed by atoms with Gasteiger partial charge in [0.2, 0.25) is 5.88 Å². The number of aryl methyl sites for hydroxylation is 1. The molecule has 222 valence electrons. The average molecular weight is 594 g/mol. The summed E-state index contributed by atoms with van der Waals surface area (Å²) in [5, 5.41) is 0.815. The lowest BCUT2D eigenvalue weighted by Gasteiger charge is -2.30. The SMILES string of the molecule is COc1cc2ccc(Oc3ccc(NS(=O)(=O)c4cccc(C)c4)cc3F)nc2cc1OCCCN1CCCC(C)C1. The van der Waals surface area contributed by atoms with Gasteiger partial charge in [-0.2, -0.15) is 0 Å². The van der Waals surface area contributed by atoms with Crippen LogP contribution in [0.25, 0.3) is 10.9 Å². The van der Waals surface area contributed by atoms with Gasteiger partial charge < -0.3 is 19.1 Å². The summed E-state index contributed by atoms with van der Waals surface area (Å²) in [7, 11) is -2.27. The maximum Gasteiger partial charge on any atom is 0.261 e. The number of fused-ring (bicyclic) bond motifs is 1. The number of likely N-dealkylation sites (tertiary alicyclic amines) is 1. The van der Waals surface area contributed by atoms with E-state index in [-0.39, 0.29) is 22.2 Å². The number of nitrogens with zero attached hydrogens (tertiary/aromatic N) is 2. The number of nitrogens with one attached hydrogen (secondary N) is 1. The lowest BCUT2D eigenvalue weighted by Crippen LogP contribution is -2.35. The third-order valence-electron chi connectivity index (χ3n) is 7.26. The van der Waals surface area contributed by atoms with E-state index in [1.54, 1.807) is 44.4 Å². The van der Waals surface area contributed by atoms with Gasteiger partial charge in [0.1, 0.15) is 0 Å². The monoisotopic (exact) mass is 593 g/mol. The molecule has 10 heteroatoms. The van der Waals surface area contributed by atoms with Gasteiger partial charge in [-0.3, -0.25) is 4.72 Å². The van der Waals surface area contributed by atoms with E-state index in [1.807, 2.05) is 12.1 Å². The molecule has 0 spiro atoms. The van der Waals surface area contributed by atoms with Gasteiger partial charge in [-0.1, -0.05) is 19.1 Å². The van der Waals surface area contributed by atoms with Crippen molar-refractivity contribution in [1.29, 1.82) is 0 Å². The molecule has 2 heterocycles. The summed E-state index contributed by atoms with van der Waals surface area (Å²) in [6, 6.07) is 17.4. The van der Waals surface area contributed by atoms with Crippen LogP contribution in [-0.2, 0) is 10.0 Å². The fourth-order valence-corrected chi connectivity index (χ4v) is 6.31. The molecule has 42 heavy (non-hydrogen) atoms. The second-order valence-electron chi connectivity index (χ2n) is 10.8. The highest BCUT2D eigenvalue weighted by Crippen LogP contribution is 2.34. The number of ether oxygens (including phenoxy) is 3. The molecular weight excluding hydrogens is 557 g/mol. The number of rotatable bonds is 11. The third kappa shape index (κ3) is 7.30. The molecule has 3 aromatic carbocycles. The fraction of sp³-hybridized carbons (Fsp3) is 0.344. The first kappa shape index (κ1) is 29.6. The van der Waals surface area contributed by atoms with Crippen LogP contribution in [0.2, 0.25) is 0 Å². The van der Waals surface area contributed by atoms with Crippen LogP contribution in [-0.4, -0.2) is 51.7 Å². The van der Waals surface area contributed by atoms with Crippen molar-refractivity contribution in [2.75, 3.05) is 38.1 Å². The molecule has 0 amide bonds. The number of hydrogen-bond acceptors (Lipinski definition) is 7. The van der Waals surface area contributed by atoms with Crippen molar-refractivity contribution in [2.24, 2.45) is 5.92 Å². The largest absolute Gasteiger partial charge is 0.493 e. The molecule has 8 nitrogen and oxygen atoms in total. The molecule has 1 fully saturated rings. The van der Waals surface area contributed by atoms with Crippen LogP contribution in [0.3, 0.4) is 0 Å². The van der Waals surface area contributed by atoms with E-state index in [0.29, 0.717) is 23.6 Å². The molecule has 1 aliphatic heterocycles. The Bertz CT molecular complexity index is 1660. The molecule has 0 saturated carbocycles. The number of methoxy groups -OCH3 is 1. The fourth-order valence-electron chi connectivity index (χ4n) is 5.16. The first-order chi connectivity index (χ1) is 20.2. The second-order valence-corrected chi connectivity index (χ2v) is 12.4. The van der Waals surface area contributed by atoms with E-state index in [9.17, 15) is 12.8 Å². The van der Waals surface area contributed by atoms with Gasteiger partial charge in [0, 0.05) is 36.7 Å². The number of piperidine rings is 1. The number of aromatic nitrogens is 1. The molecular formula is C32H36FN3O5S. The Kier molecular flexibility index (Phi) is 9.13. The molecule has 0 radical (unpaired) electrons. The molecule has 1 unspecified atom stereocenters. The van der Waals surface area contributed by atoms with Gasteiger partial charge in [0.15, 0.2) is 23.1 Å². The standard InChI is InChI=1S/C32H36FN3O5S/c1-22-7-4-9-26(17-22)42(37,38)35-25-11-12-29(27(33)19-25)41-32-13-10-24-18-30(39-3)31(20-28(24)34-32)40-16-6-15-36-14-5-8-23(2)21-36/h4,7,9-13,17-20,23,35H,5-6,8,14-16,21H2,1-3H3. The van der Waals surface area contributed by atoms with E-state index in [4.69, 9.17) is 14.2 Å². The smallest absolute Gasteiger partial charge is 0.261 e. The molecule has 1 N–H and O–H groups in total. The van der Waals surface area contributed by atoms with Crippen LogP contribution in [0.15, 0.2) is 71.6 Å². The zero-order valence-electron chi connectivity index (χ0n) is 24.1. The first-order valence-electron chi connectivity index (χ1n) is 14.1. The Morgan fingerprint density at radius 2 is 1.90 bits per heavy atom. The Hall–Kier alpha value is -3.89. The van der Waals surface area contributed by atoms with Crippen molar-refractivity contribution in [3.8, 4) is 23.1 Å². The maximum atomic E-state index is 15.0. The Morgan fingerprint density at radius 1 is 1.05 bits per heavy atom. The first-order valence-corrected chi connectivity index (χ1v) is 15.6. The highest BCUT2D eigenvalue weighted by atomic mass is 32.2. The molecule has 0 bridgehead atoms. The van der Waals surface area contributed by atoms with Crippen molar-refractivity contribution in [1.82, 2.24) is 9.88 Å². The minimum atomic E-state index is -3.87. The van der Waals surface area contributed by atoms with Gasteiger partial charge in [0.05, 0.1) is 29.8 Å². The van der Waals surface area contributed by atoms with Crippen LogP contribution in [0.4, 0.5) is 10.1 Å². The molecule has 1 aromatic heterocycles. The number of anilines is 1. The summed E-state index contributed by atoms with van der Waals surface area (Å²) in [6.45, 7) is 7.92. The minimum Gasteiger partial charge on any atom is -0.493 e. The lowest BCUT2D eigenvalue weighted by atomic mass is 10.0. The number of pyridine rings is 1.